The first-order valence-corrected chi connectivity index (χ1v) is 8.35. The normalized spacial score (nSPS) is 15.1. The summed E-state index contributed by atoms with van der Waals surface area (Å²) in [4.78, 5) is 8.88. The summed E-state index contributed by atoms with van der Waals surface area (Å²) in [5.41, 5.74) is 0.632. The summed E-state index contributed by atoms with van der Waals surface area (Å²) in [6.07, 6.45) is 1.74. The van der Waals surface area contributed by atoms with Gasteiger partial charge in [0.15, 0.2) is 0 Å². The van der Waals surface area contributed by atoms with E-state index in [2.05, 4.69) is 20.9 Å². The van der Waals surface area contributed by atoms with Crippen molar-refractivity contribution in [2.24, 2.45) is 0 Å². The van der Waals surface area contributed by atoms with E-state index in [4.69, 9.17) is 16.3 Å². The number of anilines is 1. The van der Waals surface area contributed by atoms with Crippen LogP contribution in [0.3, 0.4) is 0 Å². The molecule has 124 valence electrons. The molecule has 1 fully saturated rings. The van der Waals surface area contributed by atoms with Crippen molar-refractivity contribution in [2.75, 3.05) is 44.2 Å². The largest absolute Gasteiger partial charge is 0.491 e. The molecule has 0 atom stereocenters. The lowest BCUT2D eigenvalue weighted by Gasteiger charge is -2.35. The van der Waals surface area contributed by atoms with Crippen LogP contribution in [0.15, 0.2) is 42.6 Å². The van der Waals surface area contributed by atoms with Crippen LogP contribution in [0, 0.1) is 11.3 Å². The average molecular weight is 343 g/mol. The number of ether oxygens (including phenoxy) is 1. The van der Waals surface area contributed by atoms with E-state index in [1.54, 1.807) is 12.3 Å². The lowest BCUT2D eigenvalue weighted by molar-refractivity contribution is 0.200. The van der Waals surface area contributed by atoms with Crippen LogP contribution in [0.4, 0.5) is 5.82 Å². The number of aromatic nitrogens is 1. The molecule has 6 heteroatoms. The third-order valence-electron chi connectivity index (χ3n) is 4.08. The van der Waals surface area contributed by atoms with Crippen molar-refractivity contribution in [1.29, 1.82) is 5.26 Å². The van der Waals surface area contributed by atoms with Crippen molar-refractivity contribution in [1.82, 2.24) is 9.88 Å². The van der Waals surface area contributed by atoms with Crippen LogP contribution in [0.1, 0.15) is 5.56 Å². The van der Waals surface area contributed by atoms with Gasteiger partial charge in [0.1, 0.15) is 24.2 Å². The van der Waals surface area contributed by atoms with Crippen molar-refractivity contribution >= 4 is 17.4 Å². The molecule has 0 unspecified atom stereocenters. The highest BCUT2D eigenvalue weighted by Crippen LogP contribution is 2.23. The molecule has 1 saturated heterocycles. The molecule has 0 amide bonds. The number of nitriles is 1. The molecule has 3 rings (SSSR count). The van der Waals surface area contributed by atoms with Crippen LogP contribution < -0.4 is 9.64 Å². The van der Waals surface area contributed by atoms with Crippen LogP contribution in [-0.4, -0.2) is 49.2 Å². The number of hydrogen-bond donors (Lipinski definition) is 0. The zero-order valence-corrected chi connectivity index (χ0v) is 14.1. The van der Waals surface area contributed by atoms with E-state index < -0.39 is 0 Å². The predicted molar refractivity (Wildman–Crippen MR) is 94.6 cm³/mol. The van der Waals surface area contributed by atoms with Gasteiger partial charge in [-0.15, -0.1) is 0 Å². The maximum atomic E-state index is 9.19. The zero-order chi connectivity index (χ0) is 16.8. The van der Waals surface area contributed by atoms with Gasteiger partial charge in [-0.25, -0.2) is 4.98 Å². The fourth-order valence-corrected chi connectivity index (χ4v) is 2.96. The molecule has 0 spiro atoms. The van der Waals surface area contributed by atoms with E-state index in [0.717, 1.165) is 44.3 Å². The molecule has 2 heterocycles. The number of benzene rings is 1. The minimum atomic E-state index is 0.608. The molecular formula is C18H19ClN4O. The van der Waals surface area contributed by atoms with Gasteiger partial charge in [0.25, 0.3) is 0 Å². The monoisotopic (exact) mass is 342 g/mol. The zero-order valence-electron chi connectivity index (χ0n) is 13.4. The number of rotatable bonds is 5. The van der Waals surface area contributed by atoms with Gasteiger partial charge < -0.3 is 9.64 Å². The molecule has 0 N–H and O–H groups in total. The Labute approximate surface area is 147 Å². The first-order valence-electron chi connectivity index (χ1n) is 7.97. The highest BCUT2D eigenvalue weighted by molar-refractivity contribution is 6.32. The Hall–Kier alpha value is -2.29. The highest BCUT2D eigenvalue weighted by Gasteiger charge is 2.19. The van der Waals surface area contributed by atoms with Gasteiger partial charge in [-0.1, -0.05) is 23.7 Å². The molecule has 0 aliphatic carbocycles. The Morgan fingerprint density at radius 2 is 1.92 bits per heavy atom. The van der Waals surface area contributed by atoms with Crippen molar-refractivity contribution in [3.05, 3.63) is 53.2 Å². The van der Waals surface area contributed by atoms with Crippen LogP contribution in [0.25, 0.3) is 0 Å². The molecule has 0 saturated carbocycles. The minimum absolute atomic E-state index is 0.608. The highest BCUT2D eigenvalue weighted by atomic mass is 35.5. The summed E-state index contributed by atoms with van der Waals surface area (Å²) < 4.78 is 5.74. The van der Waals surface area contributed by atoms with Gasteiger partial charge in [-0.05, 0) is 24.3 Å². The summed E-state index contributed by atoms with van der Waals surface area (Å²) in [6, 6.07) is 13.3. The second-order valence-corrected chi connectivity index (χ2v) is 6.00. The third kappa shape index (κ3) is 3.97. The van der Waals surface area contributed by atoms with Crippen molar-refractivity contribution in [3.63, 3.8) is 0 Å². The SMILES string of the molecule is N#Cc1cccnc1N1CCN(CCOc2ccccc2Cl)CC1. The number of para-hydroxylation sites is 1. The lowest BCUT2D eigenvalue weighted by Crippen LogP contribution is -2.48. The summed E-state index contributed by atoms with van der Waals surface area (Å²) >= 11 is 6.08. The molecular weight excluding hydrogens is 324 g/mol. The molecule has 2 aromatic rings. The van der Waals surface area contributed by atoms with E-state index in [1.165, 1.54) is 0 Å². The molecule has 1 aromatic heterocycles. The minimum Gasteiger partial charge on any atom is -0.491 e. The molecule has 1 aliphatic rings. The Bertz CT molecular complexity index is 723. The third-order valence-corrected chi connectivity index (χ3v) is 4.39. The Kier molecular flexibility index (Phi) is 5.52. The molecule has 1 aliphatic heterocycles. The van der Waals surface area contributed by atoms with Crippen LogP contribution in [-0.2, 0) is 0 Å². The fourth-order valence-electron chi connectivity index (χ4n) is 2.77. The van der Waals surface area contributed by atoms with Crippen LogP contribution in [0.2, 0.25) is 5.02 Å². The van der Waals surface area contributed by atoms with Crippen molar-refractivity contribution in [2.45, 2.75) is 0 Å². The number of halogens is 1. The van der Waals surface area contributed by atoms with E-state index in [9.17, 15) is 5.26 Å². The van der Waals surface area contributed by atoms with Gasteiger partial charge in [-0.3, -0.25) is 4.90 Å². The van der Waals surface area contributed by atoms with E-state index >= 15 is 0 Å². The van der Waals surface area contributed by atoms with E-state index in [-0.39, 0.29) is 0 Å². The first-order chi connectivity index (χ1) is 11.8. The second kappa shape index (κ2) is 8.00. The molecule has 1 aromatic carbocycles. The van der Waals surface area contributed by atoms with Gasteiger partial charge in [0.2, 0.25) is 0 Å². The Morgan fingerprint density at radius 3 is 2.67 bits per heavy atom. The van der Waals surface area contributed by atoms with Crippen LogP contribution >= 0.6 is 11.6 Å². The number of pyridine rings is 1. The van der Waals surface area contributed by atoms with Crippen LogP contribution in [0.5, 0.6) is 5.75 Å². The second-order valence-electron chi connectivity index (χ2n) is 5.59. The van der Waals surface area contributed by atoms with Crippen molar-refractivity contribution < 1.29 is 4.74 Å². The predicted octanol–water partition coefficient (Wildman–Crippen LogP) is 2.81. The first kappa shape index (κ1) is 16.6. The summed E-state index contributed by atoms with van der Waals surface area (Å²) in [6.45, 7) is 5.03. The van der Waals surface area contributed by atoms with E-state index in [1.807, 2.05) is 30.3 Å². The van der Waals surface area contributed by atoms with Gasteiger partial charge >= 0.3 is 0 Å². The fraction of sp³-hybridized carbons (Fsp3) is 0.333. The number of hydrogen-bond acceptors (Lipinski definition) is 5. The Balaban J connectivity index is 1.47. The van der Waals surface area contributed by atoms with Gasteiger partial charge in [-0.2, -0.15) is 5.26 Å². The number of nitrogens with zero attached hydrogens (tertiary/aromatic N) is 4. The van der Waals surface area contributed by atoms with Gasteiger partial charge in [0, 0.05) is 38.9 Å². The molecule has 24 heavy (non-hydrogen) atoms. The average Bonchev–Trinajstić information content (AvgIpc) is 2.64. The maximum absolute atomic E-state index is 9.19. The maximum Gasteiger partial charge on any atom is 0.146 e. The standard InChI is InChI=1S/C18H19ClN4O/c19-16-5-1-2-6-17(16)24-13-12-22-8-10-23(11-9-22)18-15(14-20)4-3-7-21-18/h1-7H,8-13H2. The van der Waals surface area contributed by atoms with Gasteiger partial charge in [0.05, 0.1) is 10.6 Å². The lowest BCUT2D eigenvalue weighted by atomic mass is 10.2. The molecule has 0 bridgehead atoms. The molecule has 5 nitrogen and oxygen atoms in total. The quantitative estimate of drug-likeness (QED) is 0.836. The summed E-state index contributed by atoms with van der Waals surface area (Å²) in [5, 5.41) is 9.83. The summed E-state index contributed by atoms with van der Waals surface area (Å²) in [7, 11) is 0. The summed E-state index contributed by atoms with van der Waals surface area (Å²) in [5.74, 6) is 1.51. The smallest absolute Gasteiger partial charge is 0.146 e. The number of piperazine rings is 1. The topological polar surface area (TPSA) is 52.4 Å². The van der Waals surface area contributed by atoms with Crippen molar-refractivity contribution in [3.8, 4) is 11.8 Å². The molecule has 0 radical (unpaired) electrons. The van der Waals surface area contributed by atoms with E-state index in [0.29, 0.717) is 17.2 Å². The Morgan fingerprint density at radius 1 is 1.12 bits per heavy atom.